The molecule has 2 N–H and O–H groups in total. The van der Waals surface area contributed by atoms with Crippen LogP contribution in [0, 0.1) is 18.6 Å². The molecule has 1 aliphatic rings. The Morgan fingerprint density at radius 3 is 2.45 bits per heavy atom. The summed E-state index contributed by atoms with van der Waals surface area (Å²) in [5.41, 5.74) is 2.28. The predicted octanol–water partition coefficient (Wildman–Crippen LogP) is 5.72. The Morgan fingerprint density at radius 1 is 1.06 bits per heavy atom. The molecule has 6 nitrogen and oxygen atoms in total. The van der Waals surface area contributed by atoms with Gasteiger partial charge >= 0.3 is 6.03 Å². The summed E-state index contributed by atoms with van der Waals surface area (Å²) in [5.74, 6) is -1.31. The van der Waals surface area contributed by atoms with E-state index >= 15 is 8.78 Å². The standard InChI is InChI=1S/C24H24ClF2N5O/c1-4-31-23-18(9-14(2)13-30-23)17-6-5-15(25)10-21(17)32(24(31)33)22-19(26)11-16(12-20(22)27)29-8-7-28-3/h5-6,9-13,28-29H,4,7-8H2,1-3H3. The predicted molar refractivity (Wildman–Crippen MR) is 129 cm³/mol. The minimum atomic E-state index is -0.868. The molecule has 0 unspecified atom stereocenters. The number of carbonyl (C=O) groups is 1. The lowest BCUT2D eigenvalue weighted by Gasteiger charge is -2.28. The minimum absolute atomic E-state index is 0.257. The second-order valence-electron chi connectivity index (χ2n) is 7.73. The van der Waals surface area contributed by atoms with Crippen molar-refractivity contribution in [3.8, 4) is 11.1 Å². The first-order chi connectivity index (χ1) is 15.8. The maximum absolute atomic E-state index is 15.4. The minimum Gasteiger partial charge on any atom is -0.384 e. The Morgan fingerprint density at radius 2 is 1.79 bits per heavy atom. The summed E-state index contributed by atoms with van der Waals surface area (Å²) in [4.78, 5) is 20.6. The number of pyridine rings is 1. The van der Waals surface area contributed by atoms with E-state index in [1.54, 1.807) is 32.3 Å². The number of nitrogens with one attached hydrogen (secondary N) is 2. The number of carbonyl (C=O) groups excluding carboxylic acids is 1. The van der Waals surface area contributed by atoms with E-state index in [2.05, 4.69) is 15.6 Å². The van der Waals surface area contributed by atoms with Gasteiger partial charge in [-0.05, 0) is 56.8 Å². The molecule has 0 saturated heterocycles. The average molecular weight is 472 g/mol. The number of halogens is 3. The van der Waals surface area contributed by atoms with E-state index in [4.69, 9.17) is 11.6 Å². The Balaban J connectivity index is 1.93. The quantitative estimate of drug-likeness (QED) is 0.451. The van der Waals surface area contributed by atoms with Gasteiger partial charge in [0.1, 0.15) is 11.5 Å². The second kappa shape index (κ2) is 9.33. The van der Waals surface area contributed by atoms with Crippen LogP contribution in [0.15, 0.2) is 42.6 Å². The van der Waals surface area contributed by atoms with Crippen molar-refractivity contribution in [3.05, 3.63) is 64.8 Å². The first kappa shape index (κ1) is 22.9. The molecule has 4 rings (SSSR count). The smallest absolute Gasteiger partial charge is 0.334 e. The molecule has 0 bridgehead atoms. The zero-order valence-corrected chi connectivity index (χ0v) is 19.3. The summed E-state index contributed by atoms with van der Waals surface area (Å²) >= 11 is 6.26. The molecule has 2 amide bonds. The molecule has 0 radical (unpaired) electrons. The Kier molecular flexibility index (Phi) is 6.49. The van der Waals surface area contributed by atoms with Crippen LogP contribution >= 0.6 is 11.6 Å². The highest BCUT2D eigenvalue weighted by Crippen LogP contribution is 2.45. The maximum atomic E-state index is 15.4. The van der Waals surface area contributed by atoms with Crippen molar-refractivity contribution in [2.45, 2.75) is 13.8 Å². The molecule has 33 heavy (non-hydrogen) atoms. The first-order valence-corrected chi connectivity index (χ1v) is 11.0. The van der Waals surface area contributed by atoms with Crippen LogP contribution < -0.4 is 20.4 Å². The van der Waals surface area contributed by atoms with Crippen molar-refractivity contribution >= 4 is 40.5 Å². The lowest BCUT2D eigenvalue weighted by molar-refractivity contribution is 0.253. The van der Waals surface area contributed by atoms with Crippen LogP contribution in [-0.2, 0) is 0 Å². The van der Waals surface area contributed by atoms with E-state index in [0.29, 0.717) is 35.1 Å². The lowest BCUT2D eigenvalue weighted by atomic mass is 10.0. The van der Waals surface area contributed by atoms with Crippen molar-refractivity contribution < 1.29 is 13.6 Å². The summed E-state index contributed by atoms with van der Waals surface area (Å²) in [6.07, 6.45) is 1.66. The molecule has 1 aliphatic heterocycles. The van der Waals surface area contributed by atoms with Crippen molar-refractivity contribution in [2.24, 2.45) is 0 Å². The fourth-order valence-corrected chi connectivity index (χ4v) is 4.09. The van der Waals surface area contributed by atoms with Crippen LogP contribution in [0.4, 0.5) is 36.5 Å². The Labute approximate surface area is 196 Å². The summed E-state index contributed by atoms with van der Waals surface area (Å²) in [7, 11) is 1.79. The van der Waals surface area contributed by atoms with Crippen LogP contribution in [0.25, 0.3) is 11.1 Å². The van der Waals surface area contributed by atoms with Crippen molar-refractivity contribution in [1.82, 2.24) is 10.3 Å². The fourth-order valence-electron chi connectivity index (χ4n) is 3.92. The number of nitrogens with zero attached hydrogens (tertiary/aromatic N) is 3. The topological polar surface area (TPSA) is 60.5 Å². The number of hydrogen-bond donors (Lipinski definition) is 2. The number of likely N-dealkylation sites (N-methyl/N-ethyl adjacent to an activating group) is 1. The lowest BCUT2D eigenvalue weighted by Crippen LogP contribution is -2.41. The van der Waals surface area contributed by atoms with Gasteiger partial charge in [0.15, 0.2) is 11.6 Å². The summed E-state index contributed by atoms with van der Waals surface area (Å²) < 4.78 is 30.7. The highest BCUT2D eigenvalue weighted by Gasteiger charge is 2.36. The Bertz CT molecular complexity index is 1200. The normalized spacial score (nSPS) is 13.0. The third-order valence-corrected chi connectivity index (χ3v) is 5.67. The van der Waals surface area contributed by atoms with E-state index < -0.39 is 23.4 Å². The molecular weight excluding hydrogens is 448 g/mol. The van der Waals surface area contributed by atoms with E-state index in [-0.39, 0.29) is 17.9 Å². The largest absolute Gasteiger partial charge is 0.384 e. The monoisotopic (exact) mass is 471 g/mol. The molecule has 0 atom stereocenters. The van der Waals surface area contributed by atoms with Crippen LogP contribution in [0.3, 0.4) is 0 Å². The number of urea groups is 1. The first-order valence-electron chi connectivity index (χ1n) is 10.6. The third kappa shape index (κ3) is 4.24. The van der Waals surface area contributed by atoms with Gasteiger partial charge in [-0.25, -0.2) is 18.6 Å². The molecule has 2 heterocycles. The van der Waals surface area contributed by atoms with E-state index in [1.165, 1.54) is 23.1 Å². The SMILES string of the molecule is CCN1C(=O)N(c2c(F)cc(NCCNC)cc2F)c2cc(Cl)ccc2-c2cc(C)cnc21. The second-order valence-corrected chi connectivity index (χ2v) is 8.16. The molecule has 1 aromatic heterocycles. The molecule has 0 saturated carbocycles. The molecular formula is C24H24ClF2N5O. The van der Waals surface area contributed by atoms with Gasteiger partial charge in [-0.3, -0.25) is 9.80 Å². The highest BCUT2D eigenvalue weighted by molar-refractivity contribution is 6.31. The van der Waals surface area contributed by atoms with Gasteiger partial charge < -0.3 is 10.6 Å². The molecule has 0 aliphatic carbocycles. The van der Waals surface area contributed by atoms with Crippen molar-refractivity contribution in [3.63, 3.8) is 0 Å². The molecule has 172 valence electrons. The molecule has 9 heteroatoms. The van der Waals surface area contributed by atoms with Crippen LogP contribution in [0.1, 0.15) is 12.5 Å². The van der Waals surface area contributed by atoms with Gasteiger partial charge in [-0.1, -0.05) is 17.7 Å². The van der Waals surface area contributed by atoms with Gasteiger partial charge in [0.05, 0.1) is 5.69 Å². The van der Waals surface area contributed by atoms with Crippen LogP contribution in [-0.4, -0.2) is 37.7 Å². The number of fused-ring (bicyclic) bond motifs is 3. The fraction of sp³-hybridized carbons (Fsp3) is 0.250. The van der Waals surface area contributed by atoms with Crippen molar-refractivity contribution in [2.75, 3.05) is 41.8 Å². The number of benzene rings is 2. The van der Waals surface area contributed by atoms with Crippen LogP contribution in [0.5, 0.6) is 0 Å². The molecule has 0 spiro atoms. The van der Waals surface area contributed by atoms with Gasteiger partial charge in [0.2, 0.25) is 0 Å². The average Bonchev–Trinajstić information content (AvgIpc) is 2.86. The number of aryl methyl sites for hydroxylation is 1. The zero-order valence-electron chi connectivity index (χ0n) is 18.5. The molecule has 2 aromatic carbocycles. The number of hydrogen-bond acceptors (Lipinski definition) is 4. The number of anilines is 4. The van der Waals surface area contributed by atoms with Gasteiger partial charge in [-0.2, -0.15) is 0 Å². The summed E-state index contributed by atoms with van der Waals surface area (Å²) in [6.45, 7) is 5.04. The van der Waals surface area contributed by atoms with Crippen LogP contribution in [0.2, 0.25) is 5.02 Å². The number of aromatic nitrogens is 1. The van der Waals surface area contributed by atoms with Gasteiger partial charge in [0, 0.05) is 47.7 Å². The third-order valence-electron chi connectivity index (χ3n) is 5.43. The highest BCUT2D eigenvalue weighted by atomic mass is 35.5. The van der Waals surface area contributed by atoms with Gasteiger partial charge in [-0.15, -0.1) is 0 Å². The van der Waals surface area contributed by atoms with Crippen molar-refractivity contribution in [1.29, 1.82) is 0 Å². The summed E-state index contributed by atoms with van der Waals surface area (Å²) in [5, 5.41) is 6.26. The Hall–Kier alpha value is -3.23. The van der Waals surface area contributed by atoms with Gasteiger partial charge in [0.25, 0.3) is 0 Å². The van der Waals surface area contributed by atoms with E-state index in [0.717, 1.165) is 10.5 Å². The number of rotatable bonds is 6. The maximum Gasteiger partial charge on any atom is 0.334 e. The molecule has 0 fully saturated rings. The van der Waals surface area contributed by atoms with E-state index in [9.17, 15) is 4.79 Å². The van der Waals surface area contributed by atoms with E-state index in [1.807, 2.05) is 13.0 Å². The number of amides is 2. The summed E-state index contributed by atoms with van der Waals surface area (Å²) in [6, 6.07) is 8.60. The zero-order chi connectivity index (χ0) is 23.7. The molecule has 3 aromatic rings.